The third-order valence-corrected chi connectivity index (χ3v) is 4.06. The molecule has 0 spiro atoms. The zero-order chi connectivity index (χ0) is 18.6. The first-order valence-corrected chi connectivity index (χ1v) is 8.68. The van der Waals surface area contributed by atoms with Crippen molar-refractivity contribution in [1.29, 1.82) is 0 Å². The van der Waals surface area contributed by atoms with Gasteiger partial charge in [0, 0.05) is 18.7 Å². The van der Waals surface area contributed by atoms with Crippen molar-refractivity contribution >= 4 is 16.7 Å². The van der Waals surface area contributed by atoms with E-state index in [9.17, 15) is 4.79 Å². The Morgan fingerprint density at radius 2 is 1.96 bits per heavy atom. The van der Waals surface area contributed by atoms with E-state index >= 15 is 0 Å². The van der Waals surface area contributed by atoms with Crippen molar-refractivity contribution in [1.82, 2.24) is 15.5 Å². The van der Waals surface area contributed by atoms with Crippen LogP contribution in [0, 0.1) is 0 Å². The lowest BCUT2D eigenvalue weighted by molar-refractivity contribution is -0.120. The average molecular weight is 353 g/mol. The summed E-state index contributed by atoms with van der Waals surface area (Å²) in [6, 6.07) is 14.2. The second-order valence-corrected chi connectivity index (χ2v) is 6.75. The number of carbonyl (C=O) groups excluding carboxylic acids is 1. The smallest absolute Gasteiger partial charge is 0.226 e. The fourth-order valence-electron chi connectivity index (χ4n) is 2.83. The summed E-state index contributed by atoms with van der Waals surface area (Å²) in [6.45, 7) is 5.70. The largest absolute Gasteiger partial charge is 0.493 e. The van der Waals surface area contributed by atoms with Crippen molar-refractivity contribution in [2.24, 2.45) is 0 Å². The van der Waals surface area contributed by atoms with E-state index in [1.807, 2.05) is 38.1 Å². The molecule has 0 unspecified atom stereocenters. The normalized spacial score (nSPS) is 11.5. The third kappa shape index (κ3) is 4.20. The van der Waals surface area contributed by atoms with Crippen LogP contribution in [0.5, 0.6) is 5.75 Å². The topological polar surface area (TPSA) is 77.2 Å². The van der Waals surface area contributed by atoms with Gasteiger partial charge in [-0.25, -0.2) is 0 Å². The lowest BCUT2D eigenvalue weighted by atomic mass is 10.1. The Labute approximate surface area is 152 Å². The van der Waals surface area contributed by atoms with Crippen LogP contribution in [0.3, 0.4) is 0 Å². The van der Waals surface area contributed by atoms with Crippen LogP contribution in [-0.2, 0) is 16.8 Å². The van der Waals surface area contributed by atoms with E-state index in [2.05, 4.69) is 33.7 Å². The minimum absolute atomic E-state index is 0.134. The Morgan fingerprint density at radius 3 is 2.77 bits per heavy atom. The standard InChI is InChI=1S/C20H23N3O3/c1-14(24)22-20(2,3)19-21-18(26-23-19)12-7-13-25-17-11-6-9-15-8-4-5-10-16(15)17/h4-6,8-11H,7,12-13H2,1-3H3,(H,22,24). The molecule has 2 aromatic carbocycles. The van der Waals surface area contributed by atoms with Crippen LogP contribution in [0.15, 0.2) is 47.0 Å². The molecule has 1 aromatic heterocycles. The molecule has 0 saturated heterocycles. The van der Waals surface area contributed by atoms with Crippen LogP contribution < -0.4 is 10.1 Å². The van der Waals surface area contributed by atoms with Crippen molar-refractivity contribution < 1.29 is 14.1 Å². The number of aromatic nitrogens is 2. The van der Waals surface area contributed by atoms with Crippen LogP contribution in [0.4, 0.5) is 0 Å². The summed E-state index contributed by atoms with van der Waals surface area (Å²) in [7, 11) is 0. The summed E-state index contributed by atoms with van der Waals surface area (Å²) in [5, 5.41) is 9.05. The Morgan fingerprint density at radius 1 is 1.19 bits per heavy atom. The molecule has 0 bridgehead atoms. The first-order valence-electron chi connectivity index (χ1n) is 8.68. The predicted molar refractivity (Wildman–Crippen MR) is 98.9 cm³/mol. The second kappa shape index (κ2) is 7.56. The molecule has 0 aliphatic carbocycles. The maximum atomic E-state index is 11.3. The monoisotopic (exact) mass is 353 g/mol. The van der Waals surface area contributed by atoms with Crippen LogP contribution >= 0.6 is 0 Å². The van der Waals surface area contributed by atoms with Gasteiger partial charge in [-0.1, -0.05) is 41.6 Å². The van der Waals surface area contributed by atoms with E-state index in [1.165, 1.54) is 6.92 Å². The first kappa shape index (κ1) is 17.9. The molecule has 3 aromatic rings. The number of nitrogens with zero attached hydrogens (tertiary/aromatic N) is 2. The lowest BCUT2D eigenvalue weighted by Crippen LogP contribution is -2.40. The van der Waals surface area contributed by atoms with E-state index in [4.69, 9.17) is 9.26 Å². The minimum atomic E-state index is -0.660. The first-order chi connectivity index (χ1) is 12.5. The fourth-order valence-corrected chi connectivity index (χ4v) is 2.83. The molecule has 6 nitrogen and oxygen atoms in total. The molecule has 136 valence electrons. The minimum Gasteiger partial charge on any atom is -0.493 e. The highest BCUT2D eigenvalue weighted by Gasteiger charge is 2.27. The molecule has 6 heteroatoms. The lowest BCUT2D eigenvalue weighted by Gasteiger charge is -2.20. The van der Waals surface area contributed by atoms with Gasteiger partial charge in [0.25, 0.3) is 0 Å². The van der Waals surface area contributed by atoms with Gasteiger partial charge in [0.05, 0.1) is 12.1 Å². The molecule has 0 aliphatic heterocycles. The molecule has 0 aliphatic rings. The molecule has 1 N–H and O–H groups in total. The number of carbonyl (C=O) groups is 1. The molecule has 26 heavy (non-hydrogen) atoms. The number of hydrogen-bond donors (Lipinski definition) is 1. The summed E-state index contributed by atoms with van der Waals surface area (Å²) in [6.07, 6.45) is 1.37. The highest BCUT2D eigenvalue weighted by Crippen LogP contribution is 2.25. The molecule has 3 rings (SSSR count). The molecular formula is C20H23N3O3. The maximum absolute atomic E-state index is 11.3. The van der Waals surface area contributed by atoms with E-state index in [0.29, 0.717) is 24.7 Å². The summed E-state index contributed by atoms with van der Waals surface area (Å²) < 4.78 is 11.2. The fraction of sp³-hybridized carbons (Fsp3) is 0.350. The third-order valence-electron chi connectivity index (χ3n) is 4.06. The number of fused-ring (bicyclic) bond motifs is 1. The molecule has 0 radical (unpaired) electrons. The number of hydrogen-bond acceptors (Lipinski definition) is 5. The van der Waals surface area contributed by atoms with Crippen molar-refractivity contribution in [3.63, 3.8) is 0 Å². The van der Waals surface area contributed by atoms with Crippen molar-refractivity contribution in [2.45, 2.75) is 39.2 Å². The van der Waals surface area contributed by atoms with E-state index in [1.54, 1.807) is 0 Å². The zero-order valence-electron chi connectivity index (χ0n) is 15.3. The number of benzene rings is 2. The highest BCUT2D eigenvalue weighted by molar-refractivity contribution is 5.88. The molecule has 1 heterocycles. The quantitative estimate of drug-likeness (QED) is 0.657. The Bertz CT molecular complexity index is 897. The molecule has 1 amide bonds. The van der Waals surface area contributed by atoms with E-state index in [0.717, 1.165) is 22.9 Å². The van der Waals surface area contributed by atoms with Crippen molar-refractivity contribution in [3.05, 3.63) is 54.2 Å². The van der Waals surface area contributed by atoms with Gasteiger partial charge in [-0.2, -0.15) is 4.98 Å². The van der Waals surface area contributed by atoms with Crippen molar-refractivity contribution in [2.75, 3.05) is 6.61 Å². The summed E-state index contributed by atoms with van der Waals surface area (Å²) >= 11 is 0. The average Bonchev–Trinajstić information content (AvgIpc) is 3.08. The zero-order valence-corrected chi connectivity index (χ0v) is 15.3. The van der Waals surface area contributed by atoms with Crippen LogP contribution in [0.25, 0.3) is 10.8 Å². The van der Waals surface area contributed by atoms with Gasteiger partial charge in [-0.05, 0) is 31.7 Å². The summed E-state index contributed by atoms with van der Waals surface area (Å²) in [5.41, 5.74) is -0.660. The van der Waals surface area contributed by atoms with Gasteiger partial charge in [0.2, 0.25) is 11.8 Å². The van der Waals surface area contributed by atoms with Crippen molar-refractivity contribution in [3.8, 4) is 5.75 Å². The van der Waals surface area contributed by atoms with Gasteiger partial charge in [0.15, 0.2) is 5.82 Å². The van der Waals surface area contributed by atoms with Gasteiger partial charge in [0.1, 0.15) is 5.75 Å². The van der Waals surface area contributed by atoms with E-state index < -0.39 is 5.54 Å². The molecule has 0 fully saturated rings. The number of ether oxygens (including phenoxy) is 1. The van der Waals surface area contributed by atoms with Gasteiger partial charge >= 0.3 is 0 Å². The number of aryl methyl sites for hydroxylation is 1. The Kier molecular flexibility index (Phi) is 5.21. The molecule has 0 atom stereocenters. The summed E-state index contributed by atoms with van der Waals surface area (Å²) in [4.78, 5) is 15.6. The molecular weight excluding hydrogens is 330 g/mol. The van der Waals surface area contributed by atoms with Crippen LogP contribution in [-0.4, -0.2) is 22.7 Å². The predicted octanol–water partition coefficient (Wildman–Crippen LogP) is 3.61. The highest BCUT2D eigenvalue weighted by atomic mass is 16.5. The van der Waals surface area contributed by atoms with E-state index in [-0.39, 0.29) is 5.91 Å². The maximum Gasteiger partial charge on any atom is 0.226 e. The number of rotatable bonds is 7. The Hall–Kier alpha value is -2.89. The van der Waals surface area contributed by atoms with Crippen LogP contribution in [0.1, 0.15) is 38.9 Å². The SMILES string of the molecule is CC(=O)NC(C)(C)c1noc(CCCOc2cccc3ccccc23)n1. The Balaban J connectivity index is 1.55. The number of nitrogens with one attached hydrogen (secondary N) is 1. The van der Waals surface area contributed by atoms with Crippen LogP contribution in [0.2, 0.25) is 0 Å². The van der Waals surface area contributed by atoms with Gasteiger partial charge < -0.3 is 14.6 Å². The summed E-state index contributed by atoms with van der Waals surface area (Å²) in [5.74, 6) is 1.75. The molecule has 0 saturated carbocycles. The second-order valence-electron chi connectivity index (χ2n) is 6.75. The van der Waals surface area contributed by atoms with Gasteiger partial charge in [-0.15, -0.1) is 0 Å². The number of amides is 1. The van der Waals surface area contributed by atoms with Gasteiger partial charge in [-0.3, -0.25) is 4.79 Å².